The molecule has 2 amide bonds. The Bertz CT molecular complexity index is 641. The van der Waals surface area contributed by atoms with Gasteiger partial charge in [0.15, 0.2) is 0 Å². The largest absolute Gasteiger partial charge is 0.497 e. The molecule has 0 saturated carbocycles. The molecule has 0 spiro atoms. The molecule has 1 aliphatic heterocycles. The maximum absolute atomic E-state index is 12.2. The molecule has 1 atom stereocenters. The molecule has 1 fully saturated rings. The minimum atomic E-state index is 0.112. The topological polar surface area (TPSA) is 44.8 Å². The molecule has 5 heteroatoms. The summed E-state index contributed by atoms with van der Waals surface area (Å²) in [5, 5.41) is 3.02. The second-order valence-electron chi connectivity index (χ2n) is 8.22. The summed E-state index contributed by atoms with van der Waals surface area (Å²) < 4.78 is 5.44. The first-order valence-corrected chi connectivity index (χ1v) is 11.1. The second kappa shape index (κ2) is 10.1. The highest BCUT2D eigenvalue weighted by atomic mass is 16.5. The molecule has 1 unspecified atom stereocenters. The van der Waals surface area contributed by atoms with Gasteiger partial charge in [-0.3, -0.25) is 4.90 Å². The Hall–Kier alpha value is -1.75. The lowest BCUT2D eigenvalue weighted by atomic mass is 9.86. The Morgan fingerprint density at radius 2 is 1.93 bits per heavy atom. The van der Waals surface area contributed by atoms with Crippen molar-refractivity contribution in [3.05, 3.63) is 29.3 Å². The number of nitrogens with one attached hydrogen (secondary N) is 1. The van der Waals surface area contributed by atoms with Crippen LogP contribution < -0.4 is 10.1 Å². The summed E-state index contributed by atoms with van der Waals surface area (Å²) >= 11 is 0. The molecule has 1 N–H and O–H groups in total. The van der Waals surface area contributed by atoms with Crippen LogP contribution in [0.2, 0.25) is 0 Å². The molecule has 28 heavy (non-hydrogen) atoms. The minimum Gasteiger partial charge on any atom is -0.497 e. The molecule has 0 bridgehead atoms. The van der Waals surface area contributed by atoms with Crippen LogP contribution >= 0.6 is 0 Å². The Kier molecular flexibility index (Phi) is 7.60. The molecule has 0 radical (unpaired) electrons. The van der Waals surface area contributed by atoms with Crippen LogP contribution in [0.3, 0.4) is 0 Å². The van der Waals surface area contributed by atoms with Gasteiger partial charge in [0.05, 0.1) is 7.11 Å². The average Bonchev–Trinajstić information content (AvgIpc) is 2.75. The van der Waals surface area contributed by atoms with E-state index in [0.29, 0.717) is 12.1 Å². The van der Waals surface area contributed by atoms with Crippen LogP contribution in [0, 0.1) is 0 Å². The number of methoxy groups -OCH3 is 1. The van der Waals surface area contributed by atoms with Crippen molar-refractivity contribution in [3.8, 4) is 5.75 Å². The van der Waals surface area contributed by atoms with Gasteiger partial charge in [-0.25, -0.2) is 4.79 Å². The molecule has 1 aromatic carbocycles. The van der Waals surface area contributed by atoms with Crippen molar-refractivity contribution in [1.82, 2.24) is 15.1 Å². The minimum absolute atomic E-state index is 0.112. The van der Waals surface area contributed by atoms with Gasteiger partial charge in [-0.2, -0.15) is 0 Å². The lowest BCUT2D eigenvalue weighted by Gasteiger charge is -2.44. The number of piperidine rings is 1. The molecule has 2 aliphatic rings. The SMILES string of the molecule is CCCNC(=O)N1CCC(N(CCC)C2CCc3ccc(OC)cc3C2)CC1. The predicted molar refractivity (Wildman–Crippen MR) is 114 cm³/mol. The summed E-state index contributed by atoms with van der Waals surface area (Å²) in [5.74, 6) is 0.966. The zero-order valence-electron chi connectivity index (χ0n) is 17.9. The van der Waals surface area contributed by atoms with E-state index in [0.717, 1.165) is 64.0 Å². The van der Waals surface area contributed by atoms with Gasteiger partial charge in [0.2, 0.25) is 0 Å². The Morgan fingerprint density at radius 1 is 1.14 bits per heavy atom. The van der Waals surface area contributed by atoms with Crippen molar-refractivity contribution in [2.75, 3.05) is 33.3 Å². The molecule has 156 valence electrons. The molecule has 1 aliphatic carbocycles. The lowest BCUT2D eigenvalue weighted by Crippen LogP contribution is -2.53. The Morgan fingerprint density at radius 3 is 2.61 bits per heavy atom. The first kappa shape index (κ1) is 21.0. The van der Waals surface area contributed by atoms with Crippen molar-refractivity contribution >= 4 is 6.03 Å². The third-order valence-corrected chi connectivity index (χ3v) is 6.31. The molecular weight excluding hydrogens is 350 g/mol. The third-order valence-electron chi connectivity index (χ3n) is 6.31. The summed E-state index contributed by atoms with van der Waals surface area (Å²) in [4.78, 5) is 17.0. The van der Waals surface area contributed by atoms with Gasteiger partial charge in [-0.1, -0.05) is 19.9 Å². The number of fused-ring (bicyclic) bond motifs is 1. The number of urea groups is 1. The van der Waals surface area contributed by atoms with E-state index in [1.165, 1.54) is 24.0 Å². The standard InChI is InChI=1S/C23H37N3O2/c1-4-12-24-23(27)25-14-10-20(11-15-25)26(13-5-2)21-8-6-18-7-9-22(28-3)17-19(18)16-21/h7,9,17,20-21H,4-6,8,10-16H2,1-3H3,(H,24,27). The lowest BCUT2D eigenvalue weighted by molar-refractivity contribution is 0.0749. The van der Waals surface area contributed by atoms with Gasteiger partial charge in [0, 0.05) is 31.7 Å². The van der Waals surface area contributed by atoms with E-state index in [4.69, 9.17) is 4.74 Å². The number of hydrogen-bond acceptors (Lipinski definition) is 3. The number of likely N-dealkylation sites (tertiary alicyclic amines) is 1. The highest BCUT2D eigenvalue weighted by Crippen LogP contribution is 2.30. The number of nitrogens with zero attached hydrogens (tertiary/aromatic N) is 2. The fraction of sp³-hybridized carbons (Fsp3) is 0.696. The Balaban J connectivity index is 1.62. The van der Waals surface area contributed by atoms with E-state index in [2.05, 4.69) is 42.3 Å². The number of hydrogen-bond donors (Lipinski definition) is 1. The first-order chi connectivity index (χ1) is 13.7. The predicted octanol–water partition coefficient (Wildman–Crippen LogP) is 3.85. The van der Waals surface area contributed by atoms with Gasteiger partial charge < -0.3 is 15.0 Å². The van der Waals surface area contributed by atoms with Gasteiger partial charge >= 0.3 is 6.03 Å². The van der Waals surface area contributed by atoms with Gasteiger partial charge in [0.1, 0.15) is 5.75 Å². The van der Waals surface area contributed by atoms with Gasteiger partial charge in [-0.15, -0.1) is 0 Å². The van der Waals surface area contributed by atoms with E-state index >= 15 is 0 Å². The van der Waals surface area contributed by atoms with Crippen molar-refractivity contribution < 1.29 is 9.53 Å². The van der Waals surface area contributed by atoms with Crippen molar-refractivity contribution in [3.63, 3.8) is 0 Å². The number of carbonyl (C=O) groups excluding carboxylic acids is 1. The van der Waals surface area contributed by atoms with E-state index < -0.39 is 0 Å². The summed E-state index contributed by atoms with van der Waals surface area (Å²) in [6.07, 6.45) is 7.84. The summed E-state index contributed by atoms with van der Waals surface area (Å²) in [5.41, 5.74) is 2.93. The molecule has 5 nitrogen and oxygen atoms in total. The number of benzene rings is 1. The highest BCUT2D eigenvalue weighted by Gasteiger charge is 2.32. The average molecular weight is 388 g/mol. The molecule has 3 rings (SSSR count). The van der Waals surface area contributed by atoms with E-state index in [9.17, 15) is 4.79 Å². The molecule has 1 heterocycles. The van der Waals surface area contributed by atoms with Crippen LogP contribution in [0.25, 0.3) is 0 Å². The zero-order chi connectivity index (χ0) is 19.9. The van der Waals surface area contributed by atoms with Crippen LogP contribution in [-0.4, -0.2) is 61.2 Å². The van der Waals surface area contributed by atoms with Crippen LogP contribution in [-0.2, 0) is 12.8 Å². The summed E-state index contributed by atoms with van der Waals surface area (Å²) in [6, 6.07) is 7.86. The monoisotopic (exact) mass is 387 g/mol. The zero-order valence-corrected chi connectivity index (χ0v) is 17.9. The quantitative estimate of drug-likeness (QED) is 0.773. The normalized spacial score (nSPS) is 20.1. The number of aryl methyl sites for hydroxylation is 1. The summed E-state index contributed by atoms with van der Waals surface area (Å²) in [6.45, 7) is 8.03. The maximum Gasteiger partial charge on any atom is 0.317 e. The number of carbonyl (C=O) groups is 1. The fourth-order valence-electron chi connectivity index (χ4n) is 4.79. The van der Waals surface area contributed by atoms with E-state index in [-0.39, 0.29) is 6.03 Å². The third kappa shape index (κ3) is 4.99. The summed E-state index contributed by atoms with van der Waals surface area (Å²) in [7, 11) is 1.75. The van der Waals surface area contributed by atoms with Crippen molar-refractivity contribution in [2.24, 2.45) is 0 Å². The van der Waals surface area contributed by atoms with Crippen LogP contribution in [0.1, 0.15) is 57.1 Å². The van der Waals surface area contributed by atoms with Crippen LogP contribution in [0.15, 0.2) is 18.2 Å². The van der Waals surface area contributed by atoms with Gasteiger partial charge in [-0.05, 0) is 74.8 Å². The van der Waals surface area contributed by atoms with Crippen LogP contribution in [0.5, 0.6) is 5.75 Å². The second-order valence-corrected chi connectivity index (χ2v) is 8.22. The maximum atomic E-state index is 12.2. The molecule has 1 saturated heterocycles. The van der Waals surface area contributed by atoms with E-state index in [1.807, 2.05) is 4.90 Å². The molecular formula is C23H37N3O2. The molecule has 1 aromatic rings. The number of ether oxygens (including phenoxy) is 1. The van der Waals surface area contributed by atoms with Crippen molar-refractivity contribution in [2.45, 2.75) is 70.9 Å². The van der Waals surface area contributed by atoms with E-state index in [1.54, 1.807) is 7.11 Å². The Labute approximate surface area is 170 Å². The van der Waals surface area contributed by atoms with Gasteiger partial charge in [0.25, 0.3) is 0 Å². The smallest absolute Gasteiger partial charge is 0.317 e. The van der Waals surface area contributed by atoms with Crippen molar-refractivity contribution in [1.29, 1.82) is 0 Å². The first-order valence-electron chi connectivity index (χ1n) is 11.1. The highest BCUT2D eigenvalue weighted by molar-refractivity contribution is 5.74. The fourth-order valence-corrected chi connectivity index (χ4v) is 4.79. The van der Waals surface area contributed by atoms with Crippen LogP contribution in [0.4, 0.5) is 4.79 Å². The number of rotatable bonds is 7. The number of amides is 2. The molecule has 0 aromatic heterocycles.